The van der Waals surface area contributed by atoms with Crippen molar-refractivity contribution in [1.82, 2.24) is 0 Å². The maximum absolute atomic E-state index is 14.6. The summed E-state index contributed by atoms with van der Waals surface area (Å²) < 4.78 is 182. The highest BCUT2D eigenvalue weighted by Crippen LogP contribution is 2.55. The number of halogens is 14. The molecule has 2 amide bonds. The third-order valence-corrected chi connectivity index (χ3v) is 6.56. The number of anilines is 2. The van der Waals surface area contributed by atoms with Crippen molar-refractivity contribution >= 4 is 39.1 Å². The molecule has 0 aromatic heterocycles. The van der Waals surface area contributed by atoms with Gasteiger partial charge < -0.3 is 20.1 Å². The first kappa shape index (κ1) is 36.2. The van der Waals surface area contributed by atoms with Gasteiger partial charge in [0, 0.05) is 10.0 Å². The highest BCUT2D eigenvalue weighted by atomic mass is 79.9. The molecular weight excluding hydrogens is 731 g/mol. The molecule has 0 aliphatic rings. The minimum Gasteiger partial charge on any atom is -0.494 e. The van der Waals surface area contributed by atoms with Crippen LogP contribution in [0, 0.1) is 5.82 Å². The quantitative estimate of drug-likeness (QED) is 0.226. The minimum atomic E-state index is -6.63. The Morgan fingerprint density at radius 3 is 1.89 bits per heavy atom. The number of carbonyl (C=O) groups excluding carboxylic acids is 2. The largest absolute Gasteiger partial charge is 0.494 e. The maximum Gasteiger partial charge on any atom is 0.435 e. The zero-order chi connectivity index (χ0) is 35.0. The third-order valence-electron chi connectivity index (χ3n) is 5.94. The molecule has 0 atom stereocenters. The number of benzene rings is 3. The molecule has 0 aliphatic heterocycles. The molecule has 0 saturated carbocycles. The number of hydrogen-bond acceptors (Lipinski definition) is 4. The first-order valence-corrected chi connectivity index (χ1v) is 12.6. The second-order valence-electron chi connectivity index (χ2n) is 8.85. The predicted molar refractivity (Wildman–Crippen MR) is 136 cm³/mol. The normalized spacial score (nSPS) is 12.6. The van der Waals surface area contributed by atoms with E-state index in [1.54, 1.807) is 0 Å². The number of carbonyl (C=O) groups is 2. The summed E-state index contributed by atoms with van der Waals surface area (Å²) in [6.45, 7) is -3.91. The van der Waals surface area contributed by atoms with E-state index >= 15 is 0 Å². The maximum atomic E-state index is 14.6. The van der Waals surface area contributed by atoms with Gasteiger partial charge in [0.15, 0.2) is 11.5 Å². The van der Waals surface area contributed by atoms with Crippen LogP contribution in [0.15, 0.2) is 53.0 Å². The number of methoxy groups -OCH3 is 1. The molecule has 20 heteroatoms. The summed E-state index contributed by atoms with van der Waals surface area (Å²) >= 11 is 2.51. The minimum absolute atomic E-state index is 0.0909. The van der Waals surface area contributed by atoms with Crippen LogP contribution in [0.3, 0.4) is 0 Å². The number of amides is 2. The van der Waals surface area contributed by atoms with Gasteiger partial charge in [0.2, 0.25) is 0 Å². The molecule has 46 heavy (non-hydrogen) atoms. The smallest absolute Gasteiger partial charge is 0.435 e. The van der Waals surface area contributed by atoms with E-state index < -0.39 is 98.0 Å². The van der Waals surface area contributed by atoms with E-state index in [1.165, 1.54) is 0 Å². The van der Waals surface area contributed by atoms with E-state index in [0.717, 1.165) is 25.3 Å². The Kier molecular flexibility index (Phi) is 10.1. The summed E-state index contributed by atoms with van der Waals surface area (Å²) in [4.78, 5) is 25.8. The van der Waals surface area contributed by atoms with E-state index in [2.05, 4.69) is 20.7 Å². The van der Waals surface area contributed by atoms with Crippen molar-refractivity contribution in [3.8, 4) is 11.5 Å². The Bertz CT molecular complexity index is 1630. The molecule has 0 aliphatic carbocycles. The number of ether oxygens (including phenoxy) is 2. The average molecular weight is 745 g/mol. The van der Waals surface area contributed by atoms with Crippen LogP contribution in [-0.4, -0.2) is 37.9 Å². The van der Waals surface area contributed by atoms with Gasteiger partial charge >= 0.3 is 30.8 Å². The molecule has 0 radical (unpaired) electrons. The van der Waals surface area contributed by atoms with Crippen LogP contribution in [0.25, 0.3) is 0 Å². The number of hydrogen-bond donors (Lipinski definition) is 2. The lowest BCUT2D eigenvalue weighted by atomic mass is 9.93. The molecule has 3 aromatic carbocycles. The predicted octanol–water partition coefficient (Wildman–Crippen LogP) is 9.01. The standard InChI is InChI=1S/C26H14BrF13N2O4/c1-45-19-12(3-2-4-16(19)41-21(44)13-7-10(24(32,33)34)5-6-15(13)28)20(43)42-18-14(27)8-11(9-17(18)46-22(29)30)23(31,25(35,36)37)26(38,39)40/h2-9,22H,1H3,(H,41,44)(H,42,43). The highest BCUT2D eigenvalue weighted by Gasteiger charge is 2.73. The molecule has 0 heterocycles. The van der Waals surface area contributed by atoms with E-state index in [4.69, 9.17) is 4.74 Å². The van der Waals surface area contributed by atoms with Crippen molar-refractivity contribution < 1.29 is 76.1 Å². The fraction of sp³-hybridized carbons (Fsp3) is 0.231. The summed E-state index contributed by atoms with van der Waals surface area (Å²) in [5, 5.41) is 3.89. The van der Waals surface area contributed by atoms with E-state index in [1.807, 2.05) is 10.6 Å². The molecule has 250 valence electrons. The van der Waals surface area contributed by atoms with Crippen LogP contribution in [0.2, 0.25) is 0 Å². The second-order valence-corrected chi connectivity index (χ2v) is 9.71. The van der Waals surface area contributed by atoms with Gasteiger partial charge in [-0.2, -0.15) is 48.3 Å². The van der Waals surface area contributed by atoms with Crippen molar-refractivity contribution in [3.05, 3.63) is 81.1 Å². The number of rotatable bonds is 8. The number of nitrogens with one attached hydrogen (secondary N) is 2. The Morgan fingerprint density at radius 1 is 0.783 bits per heavy atom. The summed E-state index contributed by atoms with van der Waals surface area (Å²) in [5.41, 5.74) is -12.9. The van der Waals surface area contributed by atoms with Crippen molar-refractivity contribution in [2.24, 2.45) is 0 Å². The SMILES string of the molecule is COc1c(NC(=O)c2cc(C(F)(F)F)ccc2F)cccc1C(=O)Nc1c(Br)cc(C(F)(C(F)(F)F)C(F)(F)F)cc1OC(F)F. The van der Waals surface area contributed by atoms with E-state index in [9.17, 15) is 66.7 Å². The van der Waals surface area contributed by atoms with E-state index in [0.29, 0.717) is 12.1 Å². The summed E-state index contributed by atoms with van der Waals surface area (Å²) in [6.07, 6.45) is -18.2. The summed E-state index contributed by atoms with van der Waals surface area (Å²) in [5.74, 6) is -6.35. The first-order valence-electron chi connectivity index (χ1n) is 11.8. The molecule has 0 spiro atoms. The molecule has 0 saturated heterocycles. The fourth-order valence-corrected chi connectivity index (χ4v) is 4.40. The van der Waals surface area contributed by atoms with Crippen molar-refractivity contribution in [2.75, 3.05) is 17.7 Å². The van der Waals surface area contributed by atoms with E-state index in [-0.39, 0.29) is 18.2 Å². The van der Waals surface area contributed by atoms with Gasteiger partial charge in [-0.25, -0.2) is 8.78 Å². The lowest BCUT2D eigenvalue weighted by Crippen LogP contribution is -2.50. The molecule has 0 fully saturated rings. The van der Waals surface area contributed by atoms with Gasteiger partial charge in [-0.1, -0.05) is 6.07 Å². The van der Waals surface area contributed by atoms with Crippen LogP contribution >= 0.6 is 15.9 Å². The first-order chi connectivity index (χ1) is 21.0. The van der Waals surface area contributed by atoms with Crippen LogP contribution < -0.4 is 20.1 Å². The lowest BCUT2D eigenvalue weighted by Gasteiger charge is -2.31. The summed E-state index contributed by atoms with van der Waals surface area (Å²) in [7, 11) is 0.914. The zero-order valence-corrected chi connectivity index (χ0v) is 23.7. The molecule has 0 unspecified atom stereocenters. The van der Waals surface area contributed by atoms with Crippen molar-refractivity contribution in [2.45, 2.75) is 30.8 Å². The van der Waals surface area contributed by atoms with Crippen LogP contribution in [0.5, 0.6) is 11.5 Å². The monoisotopic (exact) mass is 744 g/mol. The topological polar surface area (TPSA) is 76.7 Å². The molecule has 0 bridgehead atoms. The Labute approximate surface area is 256 Å². The number of alkyl halides is 12. The Hall–Kier alpha value is -4.23. The van der Waals surface area contributed by atoms with Crippen molar-refractivity contribution in [1.29, 1.82) is 0 Å². The second kappa shape index (κ2) is 12.9. The van der Waals surface area contributed by atoms with Crippen LogP contribution in [0.4, 0.5) is 68.5 Å². The Morgan fingerprint density at radius 2 is 1.37 bits per heavy atom. The Balaban J connectivity index is 2.05. The van der Waals surface area contributed by atoms with Gasteiger partial charge in [0.1, 0.15) is 5.82 Å². The zero-order valence-electron chi connectivity index (χ0n) is 22.1. The summed E-state index contributed by atoms with van der Waals surface area (Å²) in [6, 6.07) is 3.51. The fourth-order valence-electron chi connectivity index (χ4n) is 3.86. The van der Waals surface area contributed by atoms with Gasteiger partial charge in [-0.05, 0) is 58.4 Å². The average Bonchev–Trinajstić information content (AvgIpc) is 2.91. The molecule has 3 aromatic rings. The number of para-hydroxylation sites is 1. The third kappa shape index (κ3) is 7.26. The van der Waals surface area contributed by atoms with Crippen LogP contribution in [-0.2, 0) is 11.8 Å². The lowest BCUT2D eigenvalue weighted by molar-refractivity contribution is -0.348. The van der Waals surface area contributed by atoms with Crippen molar-refractivity contribution in [3.63, 3.8) is 0 Å². The molecule has 2 N–H and O–H groups in total. The molecule has 6 nitrogen and oxygen atoms in total. The van der Waals surface area contributed by atoms with Gasteiger partial charge in [-0.15, -0.1) is 0 Å². The van der Waals surface area contributed by atoms with Gasteiger partial charge in [0.25, 0.3) is 11.8 Å². The van der Waals surface area contributed by atoms with Gasteiger partial charge in [-0.3, -0.25) is 9.59 Å². The van der Waals surface area contributed by atoms with Gasteiger partial charge in [0.05, 0.1) is 35.2 Å². The van der Waals surface area contributed by atoms with Crippen LogP contribution in [0.1, 0.15) is 31.8 Å². The molecular formula is C26H14BrF13N2O4. The molecule has 3 rings (SSSR count). The highest BCUT2D eigenvalue weighted by molar-refractivity contribution is 9.10.